The van der Waals surface area contributed by atoms with Crippen molar-refractivity contribution in [3.05, 3.63) is 53.6 Å². The first kappa shape index (κ1) is 15.6. The first-order valence-electron chi connectivity index (χ1n) is 7.27. The minimum atomic E-state index is -0.284. The standard InChI is InChI=1S/C17H23FN2O/c1-13(2)9-19-10-14-7-8-20(11-14)12-15-5-4-6-16(21-3)17(15)18/h4-8,11,13,19H,9-10,12H2,1-3H3. The fraction of sp³-hybridized carbons (Fsp3) is 0.412. The highest BCUT2D eigenvalue weighted by atomic mass is 19.1. The fourth-order valence-electron chi connectivity index (χ4n) is 2.23. The van der Waals surface area contributed by atoms with Crippen LogP contribution in [0.1, 0.15) is 25.0 Å². The molecule has 0 radical (unpaired) electrons. The van der Waals surface area contributed by atoms with Crippen molar-refractivity contribution in [2.24, 2.45) is 5.92 Å². The van der Waals surface area contributed by atoms with Crippen molar-refractivity contribution in [2.75, 3.05) is 13.7 Å². The van der Waals surface area contributed by atoms with Crippen molar-refractivity contribution in [3.63, 3.8) is 0 Å². The Bertz CT molecular complexity index is 578. The maximum atomic E-state index is 14.1. The van der Waals surface area contributed by atoms with E-state index in [0.29, 0.717) is 23.8 Å². The molecule has 21 heavy (non-hydrogen) atoms. The van der Waals surface area contributed by atoms with Crippen LogP contribution in [0.3, 0.4) is 0 Å². The van der Waals surface area contributed by atoms with Crippen LogP contribution in [0.4, 0.5) is 4.39 Å². The second-order valence-electron chi connectivity index (χ2n) is 5.65. The van der Waals surface area contributed by atoms with E-state index in [1.54, 1.807) is 12.1 Å². The molecule has 0 saturated carbocycles. The molecule has 2 rings (SSSR count). The number of aromatic nitrogens is 1. The van der Waals surface area contributed by atoms with Crippen LogP contribution in [0.25, 0.3) is 0 Å². The monoisotopic (exact) mass is 290 g/mol. The Kier molecular flexibility index (Phi) is 5.39. The Morgan fingerprint density at radius 2 is 2.10 bits per heavy atom. The van der Waals surface area contributed by atoms with Gasteiger partial charge in [0.2, 0.25) is 0 Å². The zero-order chi connectivity index (χ0) is 15.2. The lowest BCUT2D eigenvalue weighted by Gasteiger charge is -2.08. The number of nitrogens with zero attached hydrogens (tertiary/aromatic N) is 1. The van der Waals surface area contributed by atoms with E-state index in [-0.39, 0.29) is 5.82 Å². The zero-order valence-electron chi connectivity index (χ0n) is 12.9. The minimum Gasteiger partial charge on any atom is -0.494 e. The second-order valence-corrected chi connectivity index (χ2v) is 5.65. The highest BCUT2D eigenvalue weighted by Gasteiger charge is 2.08. The van der Waals surface area contributed by atoms with E-state index in [4.69, 9.17) is 4.74 Å². The van der Waals surface area contributed by atoms with Crippen LogP contribution >= 0.6 is 0 Å². The lowest BCUT2D eigenvalue weighted by atomic mass is 10.2. The fourth-order valence-corrected chi connectivity index (χ4v) is 2.23. The van der Waals surface area contributed by atoms with Gasteiger partial charge in [-0.25, -0.2) is 4.39 Å². The van der Waals surface area contributed by atoms with Gasteiger partial charge in [-0.2, -0.15) is 0 Å². The van der Waals surface area contributed by atoms with Gasteiger partial charge in [0.15, 0.2) is 11.6 Å². The summed E-state index contributed by atoms with van der Waals surface area (Å²) < 4.78 is 21.1. The van der Waals surface area contributed by atoms with Gasteiger partial charge in [0.25, 0.3) is 0 Å². The van der Waals surface area contributed by atoms with Gasteiger partial charge < -0.3 is 14.6 Å². The van der Waals surface area contributed by atoms with E-state index >= 15 is 0 Å². The van der Waals surface area contributed by atoms with Crippen molar-refractivity contribution in [3.8, 4) is 5.75 Å². The summed E-state index contributed by atoms with van der Waals surface area (Å²) in [6.07, 6.45) is 4.03. The average Bonchev–Trinajstić information content (AvgIpc) is 2.88. The summed E-state index contributed by atoms with van der Waals surface area (Å²) in [7, 11) is 1.48. The maximum absolute atomic E-state index is 14.1. The van der Waals surface area contributed by atoms with Gasteiger partial charge in [0, 0.05) is 24.5 Å². The first-order chi connectivity index (χ1) is 10.1. The topological polar surface area (TPSA) is 26.2 Å². The normalized spacial score (nSPS) is 11.1. The molecule has 1 N–H and O–H groups in total. The van der Waals surface area contributed by atoms with Crippen LogP contribution in [-0.4, -0.2) is 18.2 Å². The van der Waals surface area contributed by atoms with E-state index in [2.05, 4.69) is 25.2 Å². The van der Waals surface area contributed by atoms with E-state index in [1.807, 2.05) is 23.0 Å². The summed E-state index contributed by atoms with van der Waals surface area (Å²) in [5, 5.41) is 3.40. The summed E-state index contributed by atoms with van der Waals surface area (Å²) in [6.45, 7) is 6.71. The maximum Gasteiger partial charge on any atom is 0.170 e. The minimum absolute atomic E-state index is 0.284. The van der Waals surface area contributed by atoms with Crippen LogP contribution in [0.15, 0.2) is 36.7 Å². The number of ether oxygens (including phenoxy) is 1. The van der Waals surface area contributed by atoms with Gasteiger partial charge >= 0.3 is 0 Å². The molecule has 1 aromatic carbocycles. The van der Waals surface area contributed by atoms with Gasteiger partial charge in [0.1, 0.15) is 0 Å². The quantitative estimate of drug-likeness (QED) is 0.845. The number of nitrogens with one attached hydrogen (secondary N) is 1. The third-order valence-corrected chi connectivity index (χ3v) is 3.31. The molecule has 0 aliphatic heterocycles. The number of halogens is 1. The molecule has 114 valence electrons. The Balaban J connectivity index is 1.99. The van der Waals surface area contributed by atoms with Gasteiger partial charge in [0.05, 0.1) is 13.7 Å². The molecular weight excluding hydrogens is 267 g/mol. The lowest BCUT2D eigenvalue weighted by Crippen LogP contribution is -2.18. The van der Waals surface area contributed by atoms with Crippen molar-refractivity contribution in [1.29, 1.82) is 0 Å². The molecule has 0 spiro atoms. The molecular formula is C17H23FN2O. The van der Waals surface area contributed by atoms with Crippen molar-refractivity contribution >= 4 is 0 Å². The third kappa shape index (κ3) is 4.33. The first-order valence-corrected chi connectivity index (χ1v) is 7.27. The Morgan fingerprint density at radius 3 is 2.81 bits per heavy atom. The molecule has 0 atom stereocenters. The molecule has 1 heterocycles. The van der Waals surface area contributed by atoms with Crippen molar-refractivity contribution in [1.82, 2.24) is 9.88 Å². The van der Waals surface area contributed by atoms with Crippen LogP contribution in [0.2, 0.25) is 0 Å². The Labute approximate surface area is 125 Å². The van der Waals surface area contributed by atoms with E-state index in [9.17, 15) is 4.39 Å². The van der Waals surface area contributed by atoms with Crippen molar-refractivity contribution < 1.29 is 9.13 Å². The zero-order valence-corrected chi connectivity index (χ0v) is 12.9. The highest BCUT2D eigenvalue weighted by molar-refractivity contribution is 5.31. The summed E-state index contributed by atoms with van der Waals surface area (Å²) in [5.74, 6) is 0.643. The number of hydrogen-bond acceptors (Lipinski definition) is 2. The molecule has 0 aliphatic rings. The molecule has 0 aliphatic carbocycles. The van der Waals surface area contributed by atoms with E-state index < -0.39 is 0 Å². The van der Waals surface area contributed by atoms with Gasteiger partial charge in [-0.3, -0.25) is 0 Å². The van der Waals surface area contributed by atoms with E-state index in [0.717, 1.165) is 13.1 Å². The molecule has 2 aromatic rings. The molecule has 3 nitrogen and oxygen atoms in total. The number of methoxy groups -OCH3 is 1. The Morgan fingerprint density at radius 1 is 1.29 bits per heavy atom. The smallest absolute Gasteiger partial charge is 0.170 e. The summed E-state index contributed by atoms with van der Waals surface area (Å²) >= 11 is 0. The SMILES string of the molecule is COc1cccc(Cn2ccc(CNCC(C)C)c2)c1F. The summed E-state index contributed by atoms with van der Waals surface area (Å²) in [5.41, 5.74) is 1.84. The number of benzene rings is 1. The number of hydrogen-bond donors (Lipinski definition) is 1. The predicted molar refractivity (Wildman–Crippen MR) is 83.0 cm³/mol. The van der Waals surface area contributed by atoms with Crippen LogP contribution in [0, 0.1) is 11.7 Å². The average molecular weight is 290 g/mol. The lowest BCUT2D eigenvalue weighted by molar-refractivity contribution is 0.383. The highest BCUT2D eigenvalue weighted by Crippen LogP contribution is 2.20. The van der Waals surface area contributed by atoms with Gasteiger partial charge in [-0.05, 0) is 30.2 Å². The molecule has 0 fully saturated rings. The van der Waals surface area contributed by atoms with Gasteiger partial charge in [-0.15, -0.1) is 0 Å². The molecule has 0 saturated heterocycles. The molecule has 0 bridgehead atoms. The predicted octanol–water partition coefficient (Wildman–Crippen LogP) is 3.43. The molecule has 1 aromatic heterocycles. The molecule has 0 amide bonds. The van der Waals surface area contributed by atoms with Crippen LogP contribution in [0.5, 0.6) is 5.75 Å². The van der Waals surface area contributed by atoms with Crippen LogP contribution < -0.4 is 10.1 Å². The van der Waals surface area contributed by atoms with Crippen LogP contribution in [-0.2, 0) is 13.1 Å². The van der Waals surface area contributed by atoms with E-state index in [1.165, 1.54) is 12.7 Å². The molecule has 4 heteroatoms. The van der Waals surface area contributed by atoms with Gasteiger partial charge in [-0.1, -0.05) is 26.0 Å². The largest absolute Gasteiger partial charge is 0.494 e. The summed E-state index contributed by atoms with van der Waals surface area (Å²) in [4.78, 5) is 0. The Hall–Kier alpha value is -1.81. The third-order valence-electron chi connectivity index (χ3n) is 3.31. The van der Waals surface area contributed by atoms with Crippen molar-refractivity contribution in [2.45, 2.75) is 26.9 Å². The molecule has 0 unspecified atom stereocenters. The second kappa shape index (κ2) is 7.27. The summed E-state index contributed by atoms with van der Waals surface area (Å²) in [6, 6.07) is 7.29. The number of rotatable bonds is 7.